The lowest BCUT2D eigenvalue weighted by Gasteiger charge is -2.29. The Labute approximate surface area is 153 Å². The number of anilines is 1. The van der Waals surface area contributed by atoms with Gasteiger partial charge in [0, 0.05) is 40.6 Å². The molecule has 1 fully saturated rings. The number of aliphatic hydroxyl groups is 1. The van der Waals surface area contributed by atoms with Gasteiger partial charge in [-0.1, -0.05) is 18.2 Å². The third kappa shape index (κ3) is 3.20. The predicted molar refractivity (Wildman–Crippen MR) is 105 cm³/mol. The van der Waals surface area contributed by atoms with Crippen LogP contribution in [0.25, 0.3) is 21.8 Å². The molecule has 0 radical (unpaired) electrons. The molecule has 26 heavy (non-hydrogen) atoms. The van der Waals surface area contributed by atoms with Gasteiger partial charge in [0.25, 0.3) is 0 Å². The van der Waals surface area contributed by atoms with Gasteiger partial charge >= 0.3 is 0 Å². The smallest absolute Gasteiger partial charge is 0.238 e. The van der Waals surface area contributed by atoms with Crippen LogP contribution in [0.1, 0.15) is 19.8 Å². The first-order valence-corrected chi connectivity index (χ1v) is 9.37. The van der Waals surface area contributed by atoms with Crippen LogP contribution >= 0.6 is 0 Å². The minimum Gasteiger partial charge on any atom is -0.392 e. The summed E-state index contributed by atoms with van der Waals surface area (Å²) >= 11 is 0. The maximum Gasteiger partial charge on any atom is 0.238 e. The standard InChI is InChI=1S/C21H25N3O2/c1-2-24-19-8-4-3-7-17(19)18-12-15(9-10-20(18)24)22-21(26)14-23-11-5-6-16(25)13-23/h3-4,7-10,12,16,25H,2,5-6,11,13-14H2,1H3,(H,22,26). The van der Waals surface area contributed by atoms with Crippen LogP contribution in [0.3, 0.4) is 0 Å². The number of likely N-dealkylation sites (tertiary alicyclic amines) is 1. The number of aliphatic hydroxyl groups excluding tert-OH is 1. The van der Waals surface area contributed by atoms with Gasteiger partial charge in [0.15, 0.2) is 0 Å². The molecule has 0 spiro atoms. The molecule has 136 valence electrons. The van der Waals surface area contributed by atoms with Crippen molar-refractivity contribution in [1.82, 2.24) is 9.47 Å². The van der Waals surface area contributed by atoms with Crippen LogP contribution in [-0.4, -0.2) is 46.2 Å². The summed E-state index contributed by atoms with van der Waals surface area (Å²) in [6, 6.07) is 14.5. The Morgan fingerprint density at radius 1 is 1.19 bits per heavy atom. The lowest BCUT2D eigenvalue weighted by Crippen LogP contribution is -2.42. The molecule has 0 saturated carbocycles. The van der Waals surface area contributed by atoms with E-state index in [0.717, 1.165) is 37.0 Å². The van der Waals surface area contributed by atoms with Crippen LogP contribution in [0.4, 0.5) is 5.69 Å². The highest BCUT2D eigenvalue weighted by Gasteiger charge is 2.20. The number of rotatable bonds is 4. The van der Waals surface area contributed by atoms with Crippen LogP contribution in [0.15, 0.2) is 42.5 Å². The van der Waals surface area contributed by atoms with E-state index in [1.807, 2.05) is 11.0 Å². The fraction of sp³-hybridized carbons (Fsp3) is 0.381. The van der Waals surface area contributed by atoms with Crippen LogP contribution < -0.4 is 5.32 Å². The maximum absolute atomic E-state index is 12.4. The summed E-state index contributed by atoms with van der Waals surface area (Å²) in [5.41, 5.74) is 3.22. The number of hydrogen-bond donors (Lipinski definition) is 2. The number of carbonyl (C=O) groups excluding carboxylic acids is 1. The quantitative estimate of drug-likeness (QED) is 0.759. The van der Waals surface area contributed by atoms with E-state index in [4.69, 9.17) is 0 Å². The van der Waals surface area contributed by atoms with Crippen molar-refractivity contribution >= 4 is 33.4 Å². The summed E-state index contributed by atoms with van der Waals surface area (Å²) in [5.74, 6) is -0.0299. The van der Waals surface area contributed by atoms with Gasteiger partial charge < -0.3 is 15.0 Å². The number of fused-ring (bicyclic) bond motifs is 3. The van der Waals surface area contributed by atoms with E-state index >= 15 is 0 Å². The summed E-state index contributed by atoms with van der Waals surface area (Å²) in [6.45, 7) is 4.83. The Bertz CT molecular complexity index is 947. The van der Waals surface area contributed by atoms with Crippen molar-refractivity contribution in [2.75, 3.05) is 25.0 Å². The van der Waals surface area contributed by atoms with Crippen LogP contribution in [-0.2, 0) is 11.3 Å². The number of carbonyl (C=O) groups is 1. The number of piperidine rings is 1. The number of β-amino-alcohol motifs (C(OH)–C–C–N with tert-alkyl or cyclic N) is 1. The van der Waals surface area contributed by atoms with E-state index in [2.05, 4.69) is 53.2 Å². The van der Waals surface area contributed by atoms with Crippen molar-refractivity contribution in [3.05, 3.63) is 42.5 Å². The molecular formula is C21H25N3O2. The number of aromatic nitrogens is 1. The molecule has 3 aromatic rings. The highest BCUT2D eigenvalue weighted by Crippen LogP contribution is 2.30. The van der Waals surface area contributed by atoms with E-state index in [1.54, 1.807) is 0 Å². The maximum atomic E-state index is 12.4. The zero-order valence-electron chi connectivity index (χ0n) is 15.1. The average molecular weight is 351 g/mol. The van der Waals surface area contributed by atoms with Gasteiger partial charge in [-0.05, 0) is 50.6 Å². The summed E-state index contributed by atoms with van der Waals surface area (Å²) < 4.78 is 2.30. The van der Waals surface area contributed by atoms with E-state index in [-0.39, 0.29) is 12.0 Å². The molecule has 0 bridgehead atoms. The third-order valence-electron chi connectivity index (χ3n) is 5.22. The topological polar surface area (TPSA) is 57.5 Å². The lowest BCUT2D eigenvalue weighted by molar-refractivity contribution is -0.118. The summed E-state index contributed by atoms with van der Waals surface area (Å²) in [6.07, 6.45) is 1.46. The predicted octanol–water partition coefficient (Wildman–Crippen LogP) is 3.21. The van der Waals surface area contributed by atoms with Crippen LogP contribution in [0.5, 0.6) is 0 Å². The van der Waals surface area contributed by atoms with Crippen molar-refractivity contribution in [2.45, 2.75) is 32.4 Å². The molecule has 5 nitrogen and oxygen atoms in total. The zero-order valence-corrected chi connectivity index (χ0v) is 15.1. The number of nitrogens with one attached hydrogen (secondary N) is 1. The number of para-hydroxylation sites is 1. The fourth-order valence-electron chi connectivity index (χ4n) is 4.05. The molecule has 1 amide bonds. The second-order valence-corrected chi connectivity index (χ2v) is 7.07. The molecule has 2 heterocycles. The molecule has 1 unspecified atom stereocenters. The Kier molecular flexibility index (Phi) is 4.66. The van der Waals surface area contributed by atoms with Crippen LogP contribution in [0, 0.1) is 0 Å². The zero-order chi connectivity index (χ0) is 18.1. The second kappa shape index (κ2) is 7.09. The molecule has 1 aliphatic heterocycles. The molecule has 1 saturated heterocycles. The van der Waals surface area contributed by atoms with E-state index in [1.165, 1.54) is 16.4 Å². The molecule has 0 aliphatic carbocycles. The van der Waals surface area contributed by atoms with Gasteiger partial charge in [0.05, 0.1) is 12.6 Å². The molecular weight excluding hydrogens is 326 g/mol. The summed E-state index contributed by atoms with van der Waals surface area (Å²) in [4.78, 5) is 14.4. The number of aryl methyl sites for hydroxylation is 1. The van der Waals surface area contributed by atoms with E-state index in [9.17, 15) is 9.90 Å². The highest BCUT2D eigenvalue weighted by atomic mass is 16.3. The first-order valence-electron chi connectivity index (χ1n) is 9.37. The van der Waals surface area contributed by atoms with Crippen molar-refractivity contribution in [3.63, 3.8) is 0 Å². The molecule has 5 heteroatoms. The number of benzene rings is 2. The van der Waals surface area contributed by atoms with Gasteiger partial charge in [-0.2, -0.15) is 0 Å². The first kappa shape index (κ1) is 17.1. The molecule has 1 atom stereocenters. The second-order valence-electron chi connectivity index (χ2n) is 7.07. The van der Waals surface area contributed by atoms with Crippen molar-refractivity contribution in [1.29, 1.82) is 0 Å². The van der Waals surface area contributed by atoms with Gasteiger partial charge in [-0.25, -0.2) is 0 Å². The normalized spacial score (nSPS) is 18.5. The van der Waals surface area contributed by atoms with Crippen molar-refractivity contribution in [3.8, 4) is 0 Å². The SMILES string of the molecule is CCn1c2ccccc2c2cc(NC(=O)CN3CCCC(O)C3)ccc21. The number of nitrogens with zero attached hydrogens (tertiary/aromatic N) is 2. The molecule has 1 aliphatic rings. The average Bonchev–Trinajstić information content (AvgIpc) is 2.95. The lowest BCUT2D eigenvalue weighted by atomic mass is 10.1. The molecule has 2 N–H and O–H groups in total. The Morgan fingerprint density at radius 2 is 2.00 bits per heavy atom. The third-order valence-corrected chi connectivity index (χ3v) is 5.22. The molecule has 2 aromatic carbocycles. The van der Waals surface area contributed by atoms with Crippen molar-refractivity contribution < 1.29 is 9.90 Å². The first-order chi connectivity index (χ1) is 12.7. The summed E-state index contributed by atoms with van der Waals surface area (Å²) in [7, 11) is 0. The van der Waals surface area contributed by atoms with Gasteiger partial charge in [0.2, 0.25) is 5.91 Å². The van der Waals surface area contributed by atoms with Crippen molar-refractivity contribution in [2.24, 2.45) is 0 Å². The van der Waals surface area contributed by atoms with Gasteiger partial charge in [0.1, 0.15) is 0 Å². The minimum absolute atomic E-state index is 0.0299. The van der Waals surface area contributed by atoms with E-state index < -0.39 is 0 Å². The highest BCUT2D eigenvalue weighted by molar-refractivity contribution is 6.09. The Balaban J connectivity index is 1.57. The Morgan fingerprint density at radius 3 is 2.81 bits per heavy atom. The minimum atomic E-state index is -0.312. The fourth-order valence-corrected chi connectivity index (χ4v) is 4.05. The largest absolute Gasteiger partial charge is 0.392 e. The summed E-state index contributed by atoms with van der Waals surface area (Å²) in [5, 5.41) is 15.1. The van der Waals surface area contributed by atoms with Crippen LogP contribution in [0.2, 0.25) is 0 Å². The number of hydrogen-bond acceptors (Lipinski definition) is 3. The van der Waals surface area contributed by atoms with Gasteiger partial charge in [-0.3, -0.25) is 9.69 Å². The molecule has 1 aromatic heterocycles. The van der Waals surface area contributed by atoms with Gasteiger partial charge in [-0.15, -0.1) is 0 Å². The number of amides is 1. The van der Waals surface area contributed by atoms with E-state index in [0.29, 0.717) is 13.1 Å². The molecule has 4 rings (SSSR count). The monoisotopic (exact) mass is 351 g/mol. The Hall–Kier alpha value is -2.37.